The van der Waals surface area contributed by atoms with Gasteiger partial charge in [0, 0.05) is 19.6 Å². The van der Waals surface area contributed by atoms with Crippen molar-refractivity contribution in [3.8, 4) is 0 Å². The molecule has 0 aromatic heterocycles. The van der Waals surface area contributed by atoms with Crippen LogP contribution in [0.2, 0.25) is 0 Å². The lowest BCUT2D eigenvalue weighted by Crippen LogP contribution is -2.37. The lowest BCUT2D eigenvalue weighted by atomic mass is 10.0. The number of amides is 1. The van der Waals surface area contributed by atoms with E-state index in [9.17, 15) is 4.79 Å². The molecule has 0 aromatic carbocycles. The first-order valence-corrected chi connectivity index (χ1v) is 5.87. The van der Waals surface area contributed by atoms with E-state index in [2.05, 4.69) is 10.2 Å². The molecule has 3 heteroatoms. The smallest absolute Gasteiger partial charge is 0.226 e. The summed E-state index contributed by atoms with van der Waals surface area (Å²) in [6.45, 7) is 3.98. The van der Waals surface area contributed by atoms with E-state index in [4.69, 9.17) is 0 Å². The van der Waals surface area contributed by atoms with Crippen LogP contribution in [0.4, 0.5) is 0 Å². The number of hydrogen-bond acceptors (Lipinski definition) is 2. The molecule has 0 radical (unpaired) electrons. The van der Waals surface area contributed by atoms with Crippen molar-refractivity contribution in [2.24, 2.45) is 5.92 Å². The van der Waals surface area contributed by atoms with Gasteiger partial charge in [0.25, 0.3) is 0 Å². The Hall–Kier alpha value is -0.570. The van der Waals surface area contributed by atoms with Gasteiger partial charge in [-0.1, -0.05) is 6.42 Å². The third-order valence-corrected chi connectivity index (χ3v) is 3.31. The van der Waals surface area contributed by atoms with Gasteiger partial charge in [-0.05, 0) is 32.2 Å². The van der Waals surface area contributed by atoms with Gasteiger partial charge in [-0.15, -0.1) is 0 Å². The number of carbonyl (C=O) groups is 1. The van der Waals surface area contributed by atoms with E-state index in [0.29, 0.717) is 5.91 Å². The number of rotatable bonds is 1. The summed E-state index contributed by atoms with van der Waals surface area (Å²) < 4.78 is 0. The highest BCUT2D eigenvalue weighted by molar-refractivity contribution is 5.79. The predicted molar refractivity (Wildman–Crippen MR) is 56.0 cm³/mol. The second kappa shape index (κ2) is 4.78. The minimum Gasteiger partial charge on any atom is -0.342 e. The number of hydrogen-bond donors (Lipinski definition) is 1. The minimum atomic E-state index is 0.260. The van der Waals surface area contributed by atoms with Gasteiger partial charge in [-0.25, -0.2) is 0 Å². The van der Waals surface area contributed by atoms with Gasteiger partial charge in [0.15, 0.2) is 0 Å². The molecular formula is C11H20N2O. The Balaban J connectivity index is 1.88. The van der Waals surface area contributed by atoms with Gasteiger partial charge in [-0.2, -0.15) is 0 Å². The van der Waals surface area contributed by atoms with Crippen LogP contribution in [-0.2, 0) is 4.79 Å². The zero-order chi connectivity index (χ0) is 9.80. The van der Waals surface area contributed by atoms with E-state index in [1.807, 2.05) is 0 Å². The first-order valence-electron chi connectivity index (χ1n) is 5.87. The fourth-order valence-electron chi connectivity index (χ4n) is 2.43. The Morgan fingerprint density at radius 2 is 1.93 bits per heavy atom. The fraction of sp³-hybridized carbons (Fsp3) is 0.909. The third-order valence-electron chi connectivity index (χ3n) is 3.31. The minimum absolute atomic E-state index is 0.260. The van der Waals surface area contributed by atoms with Crippen LogP contribution in [0.25, 0.3) is 0 Å². The molecule has 2 rings (SSSR count). The maximum absolute atomic E-state index is 12.0. The average molecular weight is 196 g/mol. The van der Waals surface area contributed by atoms with Crippen LogP contribution in [0, 0.1) is 5.92 Å². The Morgan fingerprint density at radius 3 is 2.71 bits per heavy atom. The molecule has 2 aliphatic rings. The van der Waals surface area contributed by atoms with Crippen LogP contribution >= 0.6 is 0 Å². The molecule has 1 atom stereocenters. The van der Waals surface area contributed by atoms with Crippen LogP contribution in [0.1, 0.15) is 32.1 Å². The highest BCUT2D eigenvalue weighted by atomic mass is 16.2. The Labute approximate surface area is 85.8 Å². The molecule has 2 saturated heterocycles. The lowest BCUT2D eigenvalue weighted by Gasteiger charge is -2.21. The van der Waals surface area contributed by atoms with Crippen molar-refractivity contribution < 1.29 is 4.79 Å². The lowest BCUT2D eigenvalue weighted by molar-refractivity contribution is -0.134. The molecule has 1 N–H and O–H groups in total. The molecule has 0 spiro atoms. The van der Waals surface area contributed by atoms with Crippen molar-refractivity contribution in [3.05, 3.63) is 0 Å². The van der Waals surface area contributed by atoms with Gasteiger partial charge in [0.1, 0.15) is 0 Å². The topological polar surface area (TPSA) is 32.3 Å². The monoisotopic (exact) mass is 196 g/mol. The maximum Gasteiger partial charge on any atom is 0.226 e. The Kier molecular flexibility index (Phi) is 3.40. The second-order valence-corrected chi connectivity index (χ2v) is 4.43. The molecule has 0 bridgehead atoms. The average Bonchev–Trinajstić information content (AvgIpc) is 2.59. The second-order valence-electron chi connectivity index (χ2n) is 4.43. The molecule has 0 aliphatic carbocycles. The Morgan fingerprint density at radius 1 is 1.14 bits per heavy atom. The van der Waals surface area contributed by atoms with E-state index in [1.165, 1.54) is 25.7 Å². The molecule has 2 aliphatic heterocycles. The fourth-order valence-corrected chi connectivity index (χ4v) is 2.43. The summed E-state index contributed by atoms with van der Waals surface area (Å²) >= 11 is 0. The standard InChI is InChI=1S/C11H20N2O/c14-11(13-7-3-4-8-13)10-5-1-2-6-12-9-10/h10,12H,1-9H2. The van der Waals surface area contributed by atoms with Gasteiger partial charge >= 0.3 is 0 Å². The molecular weight excluding hydrogens is 176 g/mol. The zero-order valence-electron chi connectivity index (χ0n) is 8.80. The molecule has 14 heavy (non-hydrogen) atoms. The number of carbonyl (C=O) groups excluding carboxylic acids is 1. The van der Waals surface area contributed by atoms with Crippen LogP contribution in [0.15, 0.2) is 0 Å². The normalized spacial score (nSPS) is 28.9. The van der Waals surface area contributed by atoms with Gasteiger partial charge in [0.05, 0.1) is 5.92 Å². The van der Waals surface area contributed by atoms with Crippen LogP contribution < -0.4 is 5.32 Å². The number of nitrogens with zero attached hydrogens (tertiary/aromatic N) is 1. The van der Waals surface area contributed by atoms with Gasteiger partial charge in [0.2, 0.25) is 5.91 Å². The van der Waals surface area contributed by atoms with Crippen molar-refractivity contribution >= 4 is 5.91 Å². The quantitative estimate of drug-likeness (QED) is 0.678. The van der Waals surface area contributed by atoms with Crippen molar-refractivity contribution in [2.45, 2.75) is 32.1 Å². The van der Waals surface area contributed by atoms with E-state index in [0.717, 1.165) is 32.6 Å². The van der Waals surface area contributed by atoms with Crippen molar-refractivity contribution in [1.29, 1.82) is 0 Å². The van der Waals surface area contributed by atoms with E-state index in [1.54, 1.807) is 0 Å². The predicted octanol–water partition coefficient (Wildman–Crippen LogP) is 0.998. The molecule has 2 fully saturated rings. The summed E-state index contributed by atoms with van der Waals surface area (Å²) in [6.07, 6.45) is 5.92. The Bertz CT molecular complexity index is 191. The van der Waals surface area contributed by atoms with Gasteiger partial charge < -0.3 is 10.2 Å². The van der Waals surface area contributed by atoms with Gasteiger partial charge in [-0.3, -0.25) is 4.79 Å². The highest BCUT2D eigenvalue weighted by Gasteiger charge is 2.26. The first-order chi connectivity index (χ1) is 6.88. The molecule has 0 aromatic rings. The van der Waals surface area contributed by atoms with Crippen LogP contribution in [0.5, 0.6) is 0 Å². The molecule has 80 valence electrons. The summed E-state index contributed by atoms with van der Waals surface area (Å²) in [5.41, 5.74) is 0. The van der Waals surface area contributed by atoms with Crippen molar-refractivity contribution in [2.75, 3.05) is 26.2 Å². The molecule has 2 heterocycles. The number of likely N-dealkylation sites (tertiary alicyclic amines) is 1. The molecule has 1 amide bonds. The van der Waals surface area contributed by atoms with Crippen LogP contribution in [0.3, 0.4) is 0 Å². The van der Waals surface area contributed by atoms with Crippen molar-refractivity contribution in [3.63, 3.8) is 0 Å². The summed E-state index contributed by atoms with van der Waals surface area (Å²) in [7, 11) is 0. The third kappa shape index (κ3) is 2.27. The van der Waals surface area contributed by atoms with E-state index < -0.39 is 0 Å². The number of nitrogens with one attached hydrogen (secondary N) is 1. The first kappa shape index (κ1) is 9.97. The summed E-state index contributed by atoms with van der Waals surface area (Å²) in [4.78, 5) is 14.1. The summed E-state index contributed by atoms with van der Waals surface area (Å²) in [5, 5.41) is 3.35. The zero-order valence-corrected chi connectivity index (χ0v) is 8.80. The largest absolute Gasteiger partial charge is 0.342 e. The molecule has 1 unspecified atom stereocenters. The summed E-state index contributed by atoms with van der Waals surface area (Å²) in [6, 6.07) is 0. The highest BCUT2D eigenvalue weighted by Crippen LogP contribution is 2.17. The summed E-state index contributed by atoms with van der Waals surface area (Å²) in [5.74, 6) is 0.660. The van der Waals surface area contributed by atoms with E-state index in [-0.39, 0.29) is 5.92 Å². The molecule has 3 nitrogen and oxygen atoms in total. The van der Waals surface area contributed by atoms with Crippen molar-refractivity contribution in [1.82, 2.24) is 10.2 Å². The maximum atomic E-state index is 12.0. The van der Waals surface area contributed by atoms with E-state index >= 15 is 0 Å². The molecule has 0 saturated carbocycles. The SMILES string of the molecule is O=C(C1CCCCNC1)N1CCCC1. The van der Waals surface area contributed by atoms with Crippen LogP contribution in [-0.4, -0.2) is 37.0 Å².